The molecule has 7 rings (SSSR count). The topological polar surface area (TPSA) is 20.6 Å². The Kier molecular flexibility index (Phi) is 4.80. The Bertz CT molecular complexity index is 1140. The summed E-state index contributed by atoms with van der Waals surface area (Å²) in [5.41, 5.74) is 7.12. The average molecular weight is 428 g/mol. The third-order valence-corrected chi connectivity index (χ3v) is 8.24. The summed E-state index contributed by atoms with van der Waals surface area (Å²) < 4.78 is 7.73. The van der Waals surface area contributed by atoms with Gasteiger partial charge in [0.1, 0.15) is 5.75 Å². The quantitative estimate of drug-likeness (QED) is 0.571. The van der Waals surface area contributed by atoms with Crippen LogP contribution < -0.4 is 4.74 Å². The van der Waals surface area contributed by atoms with E-state index in [1.54, 1.807) is 7.11 Å². The largest absolute Gasteiger partial charge is 0.497 e. The molecule has 3 aromatic rings. The van der Waals surface area contributed by atoms with Crippen LogP contribution in [-0.4, -0.2) is 54.2 Å². The molecule has 166 valence electrons. The number of piperidine rings is 3. The minimum Gasteiger partial charge on any atom is -0.497 e. The zero-order valence-corrected chi connectivity index (χ0v) is 19.1. The first-order chi connectivity index (χ1) is 15.6. The van der Waals surface area contributed by atoms with E-state index in [1.807, 2.05) is 12.1 Å². The van der Waals surface area contributed by atoms with Crippen LogP contribution in [-0.2, 0) is 13.0 Å². The Morgan fingerprint density at radius 3 is 2.44 bits per heavy atom. The highest BCUT2D eigenvalue weighted by atomic mass is 16.5. The van der Waals surface area contributed by atoms with Gasteiger partial charge in [-0.2, -0.15) is 0 Å². The fourth-order valence-corrected chi connectivity index (χ4v) is 6.20. The lowest BCUT2D eigenvalue weighted by Gasteiger charge is -2.50. The Morgan fingerprint density at radius 2 is 1.72 bits per heavy atom. The second-order valence-corrected chi connectivity index (χ2v) is 10.0. The van der Waals surface area contributed by atoms with Crippen LogP contribution in [0, 0.1) is 5.41 Å². The fourth-order valence-electron chi connectivity index (χ4n) is 6.20. The summed E-state index contributed by atoms with van der Waals surface area (Å²) in [7, 11) is 1.72. The van der Waals surface area contributed by atoms with Crippen LogP contribution >= 0.6 is 0 Å². The molecule has 4 heteroatoms. The molecule has 4 aliphatic heterocycles. The molecule has 2 bridgehead atoms. The van der Waals surface area contributed by atoms with Gasteiger partial charge in [0.15, 0.2) is 0 Å². The number of aromatic nitrogens is 1. The van der Waals surface area contributed by atoms with Gasteiger partial charge in [-0.3, -0.25) is 0 Å². The van der Waals surface area contributed by atoms with E-state index in [9.17, 15) is 0 Å². The van der Waals surface area contributed by atoms with Gasteiger partial charge in [-0.1, -0.05) is 30.8 Å². The molecule has 0 atom stereocenters. The number of hydrogen-bond acceptors (Lipinski definition) is 3. The lowest BCUT2D eigenvalue weighted by molar-refractivity contribution is 0.0101. The summed E-state index contributed by atoms with van der Waals surface area (Å²) in [6.45, 7) is 11.6. The van der Waals surface area contributed by atoms with Crippen molar-refractivity contribution in [3.63, 3.8) is 0 Å². The molecule has 2 aromatic carbocycles. The Balaban J connectivity index is 1.30. The summed E-state index contributed by atoms with van der Waals surface area (Å²) in [5, 5.41) is 1.41. The summed E-state index contributed by atoms with van der Waals surface area (Å²) in [6.07, 6.45) is 7.52. The highest BCUT2D eigenvalue weighted by Gasteiger charge is 2.41. The first kappa shape index (κ1) is 19.9. The lowest BCUT2D eigenvalue weighted by Crippen LogP contribution is -2.52. The molecular weight excluding hydrogens is 394 g/mol. The van der Waals surface area contributed by atoms with Crippen molar-refractivity contribution >= 4 is 16.6 Å². The van der Waals surface area contributed by atoms with Crippen LogP contribution in [0.2, 0.25) is 0 Å². The molecule has 3 saturated heterocycles. The van der Waals surface area contributed by atoms with Crippen LogP contribution in [0.15, 0.2) is 55.2 Å². The molecule has 0 saturated carbocycles. The number of fused-ring (bicyclic) bond motifs is 3. The molecule has 0 radical (unpaired) electrons. The van der Waals surface area contributed by atoms with E-state index in [2.05, 4.69) is 57.5 Å². The molecule has 3 fully saturated rings. The normalized spacial score (nSPS) is 24.7. The van der Waals surface area contributed by atoms with Crippen LogP contribution in [0.4, 0.5) is 0 Å². The molecule has 0 aliphatic carbocycles. The van der Waals surface area contributed by atoms with Gasteiger partial charge in [0.25, 0.3) is 0 Å². The van der Waals surface area contributed by atoms with Crippen molar-refractivity contribution < 1.29 is 4.74 Å². The average Bonchev–Trinajstić information content (AvgIpc) is 3.14. The molecule has 5 heterocycles. The zero-order chi connectivity index (χ0) is 21.7. The number of ether oxygens (including phenoxy) is 1. The third kappa shape index (κ3) is 3.32. The highest BCUT2D eigenvalue weighted by Crippen LogP contribution is 2.43. The molecule has 0 unspecified atom stereocenters. The minimum absolute atomic E-state index is 0.494. The first-order valence-corrected chi connectivity index (χ1v) is 12.0. The summed E-state index contributed by atoms with van der Waals surface area (Å²) >= 11 is 0. The second-order valence-electron chi connectivity index (χ2n) is 10.0. The third-order valence-electron chi connectivity index (χ3n) is 8.24. The predicted octanol–water partition coefficient (Wildman–Crippen LogP) is 5.01. The Morgan fingerprint density at radius 1 is 0.969 bits per heavy atom. The van der Waals surface area contributed by atoms with Gasteiger partial charge < -0.3 is 19.1 Å². The molecule has 0 spiro atoms. The lowest BCUT2D eigenvalue weighted by atomic mass is 9.71. The number of nitrogens with zero attached hydrogens (tertiary/aromatic N) is 3. The van der Waals surface area contributed by atoms with E-state index in [4.69, 9.17) is 4.74 Å². The van der Waals surface area contributed by atoms with Gasteiger partial charge in [0.05, 0.1) is 7.11 Å². The van der Waals surface area contributed by atoms with Gasteiger partial charge in [-0.05, 0) is 80.1 Å². The van der Waals surface area contributed by atoms with Crippen molar-refractivity contribution in [1.29, 1.82) is 0 Å². The SMILES string of the molecule is C=C1c2cccc3c2c(cn3Cc2ccc(OC)cc2)CCN1CC12CCN(CC1)CC2. The number of benzene rings is 2. The van der Waals surface area contributed by atoms with Crippen molar-refractivity contribution in [1.82, 2.24) is 14.4 Å². The van der Waals surface area contributed by atoms with Crippen molar-refractivity contribution in [2.24, 2.45) is 5.41 Å². The summed E-state index contributed by atoms with van der Waals surface area (Å²) in [5.74, 6) is 0.906. The van der Waals surface area contributed by atoms with E-state index >= 15 is 0 Å². The van der Waals surface area contributed by atoms with Crippen LogP contribution in [0.25, 0.3) is 16.6 Å². The Labute approximate surface area is 191 Å². The number of rotatable bonds is 5. The van der Waals surface area contributed by atoms with E-state index in [-0.39, 0.29) is 0 Å². The smallest absolute Gasteiger partial charge is 0.118 e. The van der Waals surface area contributed by atoms with Crippen molar-refractivity contribution in [2.75, 3.05) is 39.8 Å². The molecule has 32 heavy (non-hydrogen) atoms. The molecular formula is C28H33N3O. The minimum atomic E-state index is 0.494. The second kappa shape index (κ2) is 7.70. The summed E-state index contributed by atoms with van der Waals surface area (Å²) in [6, 6.07) is 15.2. The van der Waals surface area contributed by atoms with Crippen LogP contribution in [0.1, 0.15) is 36.0 Å². The van der Waals surface area contributed by atoms with E-state index in [1.165, 1.54) is 78.7 Å². The molecule has 1 aromatic heterocycles. The standard InChI is InChI=1S/C28H33N3O/c1-21-25-4-3-5-26-27(25)23(19-31(26)18-22-6-8-24(32-2)9-7-22)10-14-30(21)20-28-11-15-29(16-12-28)17-13-28/h3-9,19H,1,10-18,20H2,2H3. The van der Waals surface area contributed by atoms with E-state index in [0.717, 1.165) is 25.3 Å². The zero-order valence-electron chi connectivity index (χ0n) is 19.1. The van der Waals surface area contributed by atoms with Gasteiger partial charge in [0, 0.05) is 48.0 Å². The maximum atomic E-state index is 5.32. The van der Waals surface area contributed by atoms with Crippen LogP contribution in [0.5, 0.6) is 5.75 Å². The van der Waals surface area contributed by atoms with Crippen molar-refractivity contribution in [3.8, 4) is 5.75 Å². The van der Waals surface area contributed by atoms with E-state index < -0.39 is 0 Å². The highest BCUT2D eigenvalue weighted by molar-refractivity contribution is 5.95. The molecule has 4 aliphatic rings. The maximum absolute atomic E-state index is 5.32. The van der Waals surface area contributed by atoms with Crippen molar-refractivity contribution in [2.45, 2.75) is 32.2 Å². The number of methoxy groups -OCH3 is 1. The van der Waals surface area contributed by atoms with E-state index in [0.29, 0.717) is 5.41 Å². The van der Waals surface area contributed by atoms with Crippen molar-refractivity contribution in [3.05, 3.63) is 71.9 Å². The number of hydrogen-bond donors (Lipinski definition) is 0. The Hall–Kier alpha value is -2.72. The van der Waals surface area contributed by atoms with Gasteiger partial charge in [-0.25, -0.2) is 0 Å². The molecule has 0 N–H and O–H groups in total. The fraction of sp³-hybridized carbons (Fsp3) is 0.429. The monoisotopic (exact) mass is 427 g/mol. The summed E-state index contributed by atoms with van der Waals surface area (Å²) in [4.78, 5) is 5.25. The van der Waals surface area contributed by atoms with Gasteiger partial charge in [-0.15, -0.1) is 0 Å². The van der Waals surface area contributed by atoms with Gasteiger partial charge in [0.2, 0.25) is 0 Å². The predicted molar refractivity (Wildman–Crippen MR) is 131 cm³/mol. The first-order valence-electron chi connectivity index (χ1n) is 12.0. The molecule has 4 nitrogen and oxygen atoms in total. The maximum Gasteiger partial charge on any atom is 0.118 e. The van der Waals surface area contributed by atoms with Crippen LogP contribution in [0.3, 0.4) is 0 Å². The molecule has 0 amide bonds. The van der Waals surface area contributed by atoms with Gasteiger partial charge >= 0.3 is 0 Å².